The van der Waals surface area contributed by atoms with Crippen molar-refractivity contribution in [3.8, 4) is 0 Å². The lowest BCUT2D eigenvalue weighted by Gasteiger charge is -2.30. The van der Waals surface area contributed by atoms with Crippen LogP contribution in [0.15, 0.2) is 59.6 Å². The maximum absolute atomic E-state index is 13.5. The Morgan fingerprint density at radius 1 is 1.10 bits per heavy atom. The first-order valence-corrected chi connectivity index (χ1v) is 10.4. The molecule has 3 nitrogen and oxygen atoms in total. The van der Waals surface area contributed by atoms with Crippen molar-refractivity contribution in [3.05, 3.63) is 71.3 Å². The first-order chi connectivity index (χ1) is 14.4. The Labute approximate surface area is 177 Å². The van der Waals surface area contributed by atoms with Crippen molar-refractivity contribution in [1.29, 1.82) is 0 Å². The molecule has 2 N–H and O–H groups in total. The van der Waals surface area contributed by atoms with Gasteiger partial charge in [0.2, 0.25) is 0 Å². The van der Waals surface area contributed by atoms with Gasteiger partial charge in [0.25, 0.3) is 6.85 Å². The zero-order chi connectivity index (χ0) is 22.1. The van der Waals surface area contributed by atoms with Gasteiger partial charge in [0.05, 0.1) is 11.6 Å². The van der Waals surface area contributed by atoms with Gasteiger partial charge in [0.15, 0.2) is 0 Å². The van der Waals surface area contributed by atoms with Crippen molar-refractivity contribution in [2.75, 3.05) is 12.4 Å². The number of nitrogens with one attached hydrogen (secondary N) is 2. The number of rotatable bonds is 6. The smallest absolute Gasteiger partial charge is 0.416 e. The van der Waals surface area contributed by atoms with E-state index in [1.165, 1.54) is 12.1 Å². The van der Waals surface area contributed by atoms with Crippen molar-refractivity contribution in [2.24, 2.45) is 4.99 Å². The van der Waals surface area contributed by atoms with E-state index in [9.17, 15) is 13.2 Å². The largest absolute Gasteiger partial charge is 0.423 e. The molecule has 1 aliphatic rings. The third-order valence-corrected chi connectivity index (χ3v) is 4.73. The Kier molecular flexibility index (Phi) is 8.57. The summed E-state index contributed by atoms with van der Waals surface area (Å²) >= 11 is 0. The molecule has 1 atom stereocenters. The summed E-state index contributed by atoms with van der Waals surface area (Å²) in [5.41, 5.74) is 2.14. The van der Waals surface area contributed by atoms with Crippen LogP contribution in [-0.2, 0) is 6.18 Å². The highest BCUT2D eigenvalue weighted by Gasteiger charge is 2.35. The van der Waals surface area contributed by atoms with E-state index in [-0.39, 0.29) is 12.4 Å². The standard InChI is InChI=1S/C21H23BF3N3.C2H6/c1-3-12-22(14-26-2)28-20-13-19(27-18-11-7-5-9-16(18)20)15-8-4-6-10-17(15)21(23,24)25;1-2/h4-11,13-14,19,27-28H,3,12H2,1-2H3;1-2H3. The van der Waals surface area contributed by atoms with Crippen molar-refractivity contribution in [2.45, 2.75) is 45.7 Å². The van der Waals surface area contributed by atoms with E-state index in [1.807, 2.05) is 50.3 Å². The number of nitrogens with zero attached hydrogens (tertiary/aromatic N) is 1. The Bertz CT molecular complexity index is 878. The van der Waals surface area contributed by atoms with Crippen LogP contribution in [0.3, 0.4) is 0 Å². The highest BCUT2D eigenvalue weighted by Crippen LogP contribution is 2.39. The van der Waals surface area contributed by atoms with E-state index < -0.39 is 17.8 Å². The van der Waals surface area contributed by atoms with Gasteiger partial charge in [-0.05, 0) is 36.2 Å². The van der Waals surface area contributed by atoms with Gasteiger partial charge in [-0.2, -0.15) is 13.2 Å². The summed E-state index contributed by atoms with van der Waals surface area (Å²) in [5.74, 6) is 0. The van der Waals surface area contributed by atoms with Crippen molar-refractivity contribution < 1.29 is 13.2 Å². The minimum Gasteiger partial charge on any atom is -0.423 e. The molecule has 0 amide bonds. The van der Waals surface area contributed by atoms with Gasteiger partial charge < -0.3 is 15.5 Å². The van der Waals surface area contributed by atoms with E-state index in [2.05, 4.69) is 22.5 Å². The molecule has 0 saturated carbocycles. The summed E-state index contributed by atoms with van der Waals surface area (Å²) in [4.78, 5) is 4.12. The van der Waals surface area contributed by atoms with E-state index in [0.717, 1.165) is 35.8 Å². The van der Waals surface area contributed by atoms with Gasteiger partial charge in [-0.25, -0.2) is 0 Å². The van der Waals surface area contributed by atoms with Gasteiger partial charge in [0.1, 0.15) is 0 Å². The van der Waals surface area contributed by atoms with E-state index >= 15 is 0 Å². The van der Waals surface area contributed by atoms with Crippen LogP contribution in [0, 0.1) is 0 Å². The second kappa shape index (κ2) is 10.9. The summed E-state index contributed by atoms with van der Waals surface area (Å²) < 4.78 is 40.6. The SMILES string of the molecule is CC.CCCB(C=NC)NC1=CC(c2ccccc2C(F)(F)F)Nc2ccccc21. The maximum atomic E-state index is 13.5. The fourth-order valence-electron chi connectivity index (χ4n) is 3.50. The van der Waals surface area contributed by atoms with Crippen LogP contribution < -0.4 is 10.5 Å². The van der Waals surface area contributed by atoms with E-state index in [1.54, 1.807) is 13.1 Å². The van der Waals surface area contributed by atoms with Gasteiger partial charge in [-0.3, -0.25) is 0 Å². The lowest BCUT2D eigenvalue weighted by Crippen LogP contribution is -2.36. The van der Waals surface area contributed by atoms with Crippen LogP contribution in [-0.4, -0.2) is 20.0 Å². The predicted molar refractivity (Wildman–Crippen MR) is 122 cm³/mol. The molecule has 160 valence electrons. The number of hydrogen-bond donors (Lipinski definition) is 2. The number of halogens is 3. The molecule has 0 aromatic heterocycles. The molecule has 0 radical (unpaired) electrons. The lowest BCUT2D eigenvalue weighted by atomic mass is 9.59. The molecule has 7 heteroatoms. The Morgan fingerprint density at radius 2 is 1.77 bits per heavy atom. The molecular weight excluding hydrogens is 386 g/mol. The monoisotopic (exact) mass is 415 g/mol. The minimum absolute atomic E-state index is 0.0194. The fraction of sp³-hybridized carbons (Fsp3) is 0.348. The number of fused-ring (bicyclic) bond motifs is 1. The number of alkyl halides is 3. The zero-order valence-electron chi connectivity index (χ0n) is 17.9. The molecule has 0 spiro atoms. The van der Waals surface area contributed by atoms with Gasteiger partial charge in [-0.1, -0.05) is 63.6 Å². The molecule has 3 rings (SSSR count). The molecular formula is C23H29BF3N3. The van der Waals surface area contributed by atoms with Crippen LogP contribution in [0.1, 0.15) is 49.9 Å². The topological polar surface area (TPSA) is 36.4 Å². The molecule has 0 fully saturated rings. The average Bonchev–Trinajstić information content (AvgIpc) is 2.75. The van der Waals surface area contributed by atoms with Crippen LogP contribution in [0.25, 0.3) is 5.70 Å². The molecule has 2 aromatic rings. The normalized spacial score (nSPS) is 15.4. The van der Waals surface area contributed by atoms with Crippen molar-refractivity contribution in [3.63, 3.8) is 0 Å². The van der Waals surface area contributed by atoms with Gasteiger partial charge in [0, 0.05) is 24.0 Å². The fourth-order valence-corrected chi connectivity index (χ4v) is 3.50. The van der Waals surface area contributed by atoms with E-state index in [4.69, 9.17) is 0 Å². The summed E-state index contributed by atoms with van der Waals surface area (Å²) in [5, 5.41) is 6.71. The Hall–Kier alpha value is -2.70. The van der Waals surface area contributed by atoms with Gasteiger partial charge in [-0.15, -0.1) is 0 Å². The second-order valence-corrected chi connectivity index (χ2v) is 6.78. The van der Waals surface area contributed by atoms with Crippen LogP contribution in [0.5, 0.6) is 0 Å². The number of hydrogen-bond acceptors (Lipinski definition) is 3. The number of para-hydroxylation sites is 1. The van der Waals surface area contributed by atoms with Crippen LogP contribution in [0.2, 0.25) is 6.32 Å². The van der Waals surface area contributed by atoms with E-state index in [0.29, 0.717) is 0 Å². The zero-order valence-corrected chi connectivity index (χ0v) is 17.9. The predicted octanol–water partition coefficient (Wildman–Crippen LogP) is 6.47. The highest BCUT2D eigenvalue weighted by molar-refractivity contribution is 6.84. The number of aliphatic imine (C=N–C) groups is 1. The van der Waals surface area contributed by atoms with Crippen LogP contribution >= 0.6 is 0 Å². The quantitative estimate of drug-likeness (QED) is 0.419. The second-order valence-electron chi connectivity index (χ2n) is 6.78. The Balaban J connectivity index is 0.00000155. The van der Waals surface area contributed by atoms with Crippen molar-refractivity contribution >= 4 is 24.3 Å². The molecule has 0 aliphatic carbocycles. The van der Waals surface area contributed by atoms with Crippen LogP contribution in [0.4, 0.5) is 18.9 Å². The molecule has 0 saturated heterocycles. The Morgan fingerprint density at radius 3 is 2.43 bits per heavy atom. The summed E-state index contributed by atoms with van der Waals surface area (Å²) in [6.07, 6.45) is 1.12. The average molecular weight is 415 g/mol. The summed E-state index contributed by atoms with van der Waals surface area (Å²) in [7, 11) is 1.72. The van der Waals surface area contributed by atoms with Crippen molar-refractivity contribution in [1.82, 2.24) is 5.23 Å². The third-order valence-electron chi connectivity index (χ3n) is 4.73. The minimum atomic E-state index is -4.41. The van der Waals surface area contributed by atoms with Gasteiger partial charge >= 0.3 is 6.18 Å². The third kappa shape index (κ3) is 5.68. The number of anilines is 1. The highest BCUT2D eigenvalue weighted by atomic mass is 19.4. The molecule has 30 heavy (non-hydrogen) atoms. The molecule has 0 bridgehead atoms. The summed E-state index contributed by atoms with van der Waals surface area (Å²) in [6.45, 7) is 6.11. The first kappa shape index (κ1) is 23.6. The summed E-state index contributed by atoms with van der Waals surface area (Å²) in [6, 6.07) is 12.8. The maximum Gasteiger partial charge on any atom is 0.416 e. The lowest BCUT2D eigenvalue weighted by molar-refractivity contribution is -0.138. The molecule has 2 aromatic carbocycles. The molecule has 1 heterocycles. The first-order valence-electron chi connectivity index (χ1n) is 10.4. The molecule has 1 aliphatic heterocycles. The molecule has 1 unspecified atom stereocenters. The number of benzene rings is 2.